The van der Waals surface area contributed by atoms with E-state index in [-0.39, 0.29) is 0 Å². The van der Waals surface area contributed by atoms with E-state index in [1.807, 2.05) is 6.07 Å². The van der Waals surface area contributed by atoms with Crippen molar-refractivity contribution < 1.29 is 9.59 Å². The van der Waals surface area contributed by atoms with Gasteiger partial charge in [-0.05, 0) is 30.9 Å². The van der Waals surface area contributed by atoms with Gasteiger partial charge in [-0.3, -0.25) is 14.6 Å². The van der Waals surface area contributed by atoms with Crippen molar-refractivity contribution in [3.63, 3.8) is 0 Å². The number of benzene rings is 1. The number of aromatic nitrogens is 2. The SMILES string of the molecule is N#Cc1ccccc1NC(=O)C(=O)NCC1CCN(c2cnccn2)CC1. The minimum Gasteiger partial charge on any atom is -0.355 e. The maximum atomic E-state index is 12.0. The first-order valence-electron chi connectivity index (χ1n) is 8.76. The Labute approximate surface area is 157 Å². The Morgan fingerprint density at radius 1 is 1.19 bits per heavy atom. The molecule has 0 bridgehead atoms. The number of nitrogens with one attached hydrogen (secondary N) is 2. The summed E-state index contributed by atoms with van der Waals surface area (Å²) in [6.07, 6.45) is 6.85. The Hall–Kier alpha value is -3.47. The molecule has 1 fully saturated rings. The van der Waals surface area contributed by atoms with Crippen molar-refractivity contribution in [2.24, 2.45) is 5.92 Å². The van der Waals surface area contributed by atoms with Crippen LogP contribution < -0.4 is 15.5 Å². The lowest BCUT2D eigenvalue weighted by Gasteiger charge is -2.32. The maximum Gasteiger partial charge on any atom is 0.313 e. The maximum absolute atomic E-state index is 12.0. The molecule has 0 atom stereocenters. The highest BCUT2D eigenvalue weighted by Crippen LogP contribution is 2.20. The molecule has 27 heavy (non-hydrogen) atoms. The molecule has 1 aliphatic rings. The zero-order valence-electron chi connectivity index (χ0n) is 14.8. The lowest BCUT2D eigenvalue weighted by atomic mass is 9.97. The zero-order valence-corrected chi connectivity index (χ0v) is 14.8. The number of nitriles is 1. The van der Waals surface area contributed by atoms with Crippen LogP contribution in [-0.4, -0.2) is 41.4 Å². The quantitative estimate of drug-likeness (QED) is 0.792. The van der Waals surface area contributed by atoms with Crippen molar-refractivity contribution >= 4 is 23.3 Å². The van der Waals surface area contributed by atoms with Gasteiger partial charge >= 0.3 is 11.8 Å². The molecule has 2 aromatic rings. The fraction of sp³-hybridized carbons (Fsp3) is 0.316. The van der Waals surface area contributed by atoms with Crippen LogP contribution in [0, 0.1) is 17.2 Å². The molecule has 0 unspecified atom stereocenters. The minimum absolute atomic E-state index is 0.307. The Kier molecular flexibility index (Phi) is 5.94. The number of carbonyl (C=O) groups is 2. The molecule has 2 heterocycles. The molecule has 1 saturated heterocycles. The molecule has 0 spiro atoms. The van der Waals surface area contributed by atoms with Gasteiger partial charge in [0, 0.05) is 32.0 Å². The van der Waals surface area contributed by atoms with Gasteiger partial charge in [0.25, 0.3) is 0 Å². The van der Waals surface area contributed by atoms with Gasteiger partial charge in [-0.15, -0.1) is 0 Å². The molecule has 138 valence electrons. The second-order valence-corrected chi connectivity index (χ2v) is 6.32. The van der Waals surface area contributed by atoms with Gasteiger partial charge < -0.3 is 15.5 Å². The van der Waals surface area contributed by atoms with Crippen molar-refractivity contribution in [1.29, 1.82) is 5.26 Å². The van der Waals surface area contributed by atoms with E-state index in [0.29, 0.717) is 23.7 Å². The Morgan fingerprint density at radius 2 is 1.96 bits per heavy atom. The highest BCUT2D eigenvalue weighted by atomic mass is 16.2. The van der Waals surface area contributed by atoms with Crippen LogP contribution >= 0.6 is 0 Å². The molecule has 2 N–H and O–H groups in total. The number of carbonyl (C=O) groups excluding carboxylic acids is 2. The Balaban J connectivity index is 1.44. The van der Waals surface area contributed by atoms with Crippen LogP contribution in [0.1, 0.15) is 18.4 Å². The third-order valence-electron chi connectivity index (χ3n) is 4.54. The summed E-state index contributed by atoms with van der Waals surface area (Å²) in [5.41, 5.74) is 0.646. The molecule has 1 aliphatic heterocycles. The van der Waals surface area contributed by atoms with Gasteiger partial charge in [0.1, 0.15) is 11.9 Å². The molecule has 2 amide bonds. The van der Waals surface area contributed by atoms with Crippen LogP contribution in [0.3, 0.4) is 0 Å². The lowest BCUT2D eigenvalue weighted by molar-refractivity contribution is -0.136. The van der Waals surface area contributed by atoms with Crippen molar-refractivity contribution in [1.82, 2.24) is 15.3 Å². The van der Waals surface area contributed by atoms with Crippen LogP contribution in [0.5, 0.6) is 0 Å². The van der Waals surface area contributed by atoms with Crippen LogP contribution in [-0.2, 0) is 9.59 Å². The average Bonchev–Trinajstić information content (AvgIpc) is 2.73. The fourth-order valence-corrected chi connectivity index (χ4v) is 3.01. The summed E-state index contributed by atoms with van der Waals surface area (Å²) >= 11 is 0. The van der Waals surface area contributed by atoms with Gasteiger partial charge in [0.2, 0.25) is 0 Å². The molecular weight excluding hydrogens is 344 g/mol. The number of para-hydroxylation sites is 1. The Bertz CT molecular complexity index is 841. The van der Waals surface area contributed by atoms with Crippen molar-refractivity contribution in [3.05, 3.63) is 48.4 Å². The summed E-state index contributed by atoms with van der Waals surface area (Å²) in [4.78, 5) is 34.6. The van der Waals surface area contributed by atoms with Gasteiger partial charge in [-0.2, -0.15) is 5.26 Å². The largest absolute Gasteiger partial charge is 0.355 e. The first-order valence-corrected chi connectivity index (χ1v) is 8.76. The molecule has 0 aliphatic carbocycles. The predicted molar refractivity (Wildman–Crippen MR) is 99.8 cm³/mol. The monoisotopic (exact) mass is 364 g/mol. The van der Waals surface area contributed by atoms with Gasteiger partial charge in [-0.1, -0.05) is 12.1 Å². The number of nitrogens with zero attached hydrogens (tertiary/aromatic N) is 4. The van der Waals surface area contributed by atoms with E-state index in [9.17, 15) is 9.59 Å². The second-order valence-electron chi connectivity index (χ2n) is 6.32. The topological polar surface area (TPSA) is 111 Å². The number of piperidine rings is 1. The lowest BCUT2D eigenvalue weighted by Crippen LogP contribution is -2.42. The van der Waals surface area contributed by atoms with Crippen molar-refractivity contribution in [2.75, 3.05) is 29.9 Å². The molecule has 8 heteroatoms. The average molecular weight is 364 g/mol. The molecule has 1 aromatic carbocycles. The predicted octanol–water partition coefficient (Wildman–Crippen LogP) is 1.32. The fourth-order valence-electron chi connectivity index (χ4n) is 3.01. The van der Waals surface area contributed by atoms with E-state index >= 15 is 0 Å². The molecule has 0 radical (unpaired) electrons. The van der Waals surface area contributed by atoms with E-state index in [2.05, 4.69) is 25.5 Å². The minimum atomic E-state index is -0.769. The molecule has 3 rings (SSSR count). The number of rotatable bonds is 4. The van der Waals surface area contributed by atoms with Crippen LogP contribution in [0.15, 0.2) is 42.9 Å². The van der Waals surface area contributed by atoms with Gasteiger partial charge in [-0.25, -0.2) is 4.98 Å². The van der Waals surface area contributed by atoms with Crippen LogP contribution in [0.25, 0.3) is 0 Å². The van der Waals surface area contributed by atoms with Crippen molar-refractivity contribution in [2.45, 2.75) is 12.8 Å². The van der Waals surface area contributed by atoms with E-state index in [1.165, 1.54) is 0 Å². The number of hydrogen-bond donors (Lipinski definition) is 2. The Morgan fingerprint density at radius 3 is 2.67 bits per heavy atom. The molecule has 1 aromatic heterocycles. The first-order chi connectivity index (χ1) is 13.2. The van der Waals surface area contributed by atoms with Gasteiger partial charge in [0.05, 0.1) is 17.4 Å². The third kappa shape index (κ3) is 4.79. The van der Waals surface area contributed by atoms with Gasteiger partial charge in [0.15, 0.2) is 0 Å². The summed E-state index contributed by atoms with van der Waals surface area (Å²) in [5.74, 6) is -0.301. The van der Waals surface area contributed by atoms with Crippen molar-refractivity contribution in [3.8, 4) is 6.07 Å². The summed E-state index contributed by atoms with van der Waals surface area (Å²) in [5, 5.41) is 14.2. The molecule has 0 saturated carbocycles. The summed E-state index contributed by atoms with van der Waals surface area (Å²) in [6, 6.07) is 8.54. The second kappa shape index (κ2) is 8.76. The van der Waals surface area contributed by atoms with Crippen LogP contribution in [0.4, 0.5) is 11.5 Å². The molecular formula is C19H20N6O2. The standard InChI is InChI=1S/C19H20N6O2/c20-11-15-3-1-2-4-16(15)24-19(27)18(26)23-12-14-5-9-25(10-6-14)17-13-21-7-8-22-17/h1-4,7-8,13-14H,5-6,9-10,12H2,(H,23,26)(H,24,27). The highest BCUT2D eigenvalue weighted by molar-refractivity contribution is 6.39. The summed E-state index contributed by atoms with van der Waals surface area (Å²) in [6.45, 7) is 2.11. The first kappa shape index (κ1) is 18.3. The smallest absolute Gasteiger partial charge is 0.313 e. The number of anilines is 2. The highest BCUT2D eigenvalue weighted by Gasteiger charge is 2.22. The van der Waals surface area contributed by atoms with E-state index in [1.54, 1.807) is 42.9 Å². The summed E-state index contributed by atoms with van der Waals surface area (Å²) in [7, 11) is 0. The normalized spacial score (nSPS) is 14.3. The van der Waals surface area contributed by atoms with E-state index in [0.717, 1.165) is 31.7 Å². The van der Waals surface area contributed by atoms with Crippen LogP contribution in [0.2, 0.25) is 0 Å². The number of amides is 2. The van der Waals surface area contributed by atoms with E-state index < -0.39 is 11.8 Å². The molecule has 8 nitrogen and oxygen atoms in total. The third-order valence-corrected chi connectivity index (χ3v) is 4.54. The zero-order chi connectivity index (χ0) is 19.1. The van der Waals surface area contributed by atoms with E-state index in [4.69, 9.17) is 5.26 Å². The number of hydrogen-bond acceptors (Lipinski definition) is 6. The summed E-state index contributed by atoms with van der Waals surface area (Å²) < 4.78 is 0.